The van der Waals surface area contributed by atoms with Gasteiger partial charge in [0.25, 0.3) is 11.4 Å². The number of benzene rings is 2. The second-order valence-electron chi connectivity index (χ2n) is 7.55. The normalized spacial score (nSPS) is 14.6. The van der Waals surface area contributed by atoms with Crippen LogP contribution in [-0.2, 0) is 29.4 Å². The highest BCUT2D eigenvalue weighted by Crippen LogP contribution is 2.22. The van der Waals surface area contributed by atoms with Crippen LogP contribution in [0.3, 0.4) is 0 Å². The Labute approximate surface area is 194 Å². The Morgan fingerprint density at radius 2 is 1.50 bits per heavy atom. The molecule has 176 valence electrons. The van der Waals surface area contributed by atoms with Crippen molar-refractivity contribution < 1.29 is 19.3 Å². The van der Waals surface area contributed by atoms with Crippen molar-refractivity contribution in [2.75, 3.05) is 18.5 Å². The second kappa shape index (κ2) is 10.1. The fraction of sp³-hybridized carbons (Fsp3) is 0.273. The molecule has 2 aromatic carbocycles. The van der Waals surface area contributed by atoms with E-state index >= 15 is 0 Å². The number of nitrogens with one attached hydrogen (secondary N) is 1. The minimum atomic E-state index is -0.685. The quantitative estimate of drug-likeness (QED) is 0.373. The van der Waals surface area contributed by atoms with Crippen molar-refractivity contribution in [3.05, 3.63) is 91.9 Å². The fourth-order valence-corrected chi connectivity index (χ4v) is 3.38. The Bertz CT molecular complexity index is 1210. The number of hydrogen-bond donors (Lipinski definition) is 1. The van der Waals surface area contributed by atoms with Gasteiger partial charge in [0.1, 0.15) is 5.82 Å². The van der Waals surface area contributed by atoms with E-state index in [0.717, 1.165) is 11.1 Å². The van der Waals surface area contributed by atoms with Crippen LogP contribution in [0.25, 0.3) is 0 Å². The summed E-state index contributed by atoms with van der Waals surface area (Å²) in [6.07, 6.45) is 2.06. The summed E-state index contributed by atoms with van der Waals surface area (Å²) in [6.45, 7) is 0.643. The van der Waals surface area contributed by atoms with Crippen molar-refractivity contribution in [1.29, 1.82) is 0 Å². The molecule has 0 saturated carbocycles. The summed E-state index contributed by atoms with van der Waals surface area (Å²) in [5, 5.41) is 24.7. The highest BCUT2D eigenvalue weighted by molar-refractivity contribution is 5.98. The molecule has 1 aromatic heterocycles. The van der Waals surface area contributed by atoms with Crippen LogP contribution < -0.4 is 5.32 Å². The van der Waals surface area contributed by atoms with E-state index in [0.29, 0.717) is 43.5 Å². The molecule has 0 radical (unpaired) electrons. The van der Waals surface area contributed by atoms with E-state index in [-0.39, 0.29) is 11.4 Å². The molecule has 34 heavy (non-hydrogen) atoms. The average molecular weight is 466 g/mol. The molecule has 3 aromatic rings. The van der Waals surface area contributed by atoms with Gasteiger partial charge < -0.3 is 19.4 Å². The SMILES string of the molecule is Cn1cnc2c1NC(OCCc1ccc([N+](=O)[O-])cc1)N=C2OCCc1ccc([N+](=O)[O-])cc1. The molecule has 12 heteroatoms. The number of anilines is 1. The lowest BCUT2D eigenvalue weighted by molar-refractivity contribution is -0.385. The number of aromatic nitrogens is 2. The third-order valence-electron chi connectivity index (χ3n) is 5.22. The van der Waals surface area contributed by atoms with Crippen LogP contribution in [0.2, 0.25) is 0 Å². The van der Waals surface area contributed by atoms with Crippen LogP contribution in [0.1, 0.15) is 16.8 Å². The van der Waals surface area contributed by atoms with E-state index in [1.54, 1.807) is 35.2 Å². The lowest BCUT2D eigenvalue weighted by Crippen LogP contribution is -2.31. The van der Waals surface area contributed by atoms with Crippen LogP contribution in [0, 0.1) is 20.2 Å². The monoisotopic (exact) mass is 466 g/mol. The van der Waals surface area contributed by atoms with Crippen molar-refractivity contribution in [1.82, 2.24) is 9.55 Å². The fourth-order valence-electron chi connectivity index (χ4n) is 3.38. The number of aryl methyl sites for hydroxylation is 1. The molecular weight excluding hydrogens is 444 g/mol. The molecule has 0 saturated heterocycles. The van der Waals surface area contributed by atoms with E-state index in [4.69, 9.17) is 9.47 Å². The molecule has 4 rings (SSSR count). The van der Waals surface area contributed by atoms with Crippen molar-refractivity contribution in [2.24, 2.45) is 12.0 Å². The molecule has 1 unspecified atom stereocenters. The highest BCUT2D eigenvalue weighted by Gasteiger charge is 2.26. The first-order valence-corrected chi connectivity index (χ1v) is 10.5. The summed E-state index contributed by atoms with van der Waals surface area (Å²) in [6, 6.07) is 12.6. The van der Waals surface area contributed by atoms with E-state index in [1.807, 2.05) is 7.05 Å². The number of nitro benzene ring substituents is 2. The standard InChI is InChI=1S/C22H22N6O6/c1-26-14-23-19-20(26)24-22(34-13-11-16-4-8-18(9-5-16)28(31)32)25-21(19)33-12-10-15-2-6-17(7-3-15)27(29)30/h2-9,14,22,24H,10-13H2,1H3. The molecule has 1 aliphatic rings. The molecule has 0 aliphatic carbocycles. The number of hydrogen-bond acceptors (Lipinski definition) is 9. The Balaban J connectivity index is 1.35. The summed E-state index contributed by atoms with van der Waals surface area (Å²) in [5.74, 6) is 1.05. The zero-order chi connectivity index (χ0) is 24.1. The number of ether oxygens (including phenoxy) is 2. The number of nitrogens with zero attached hydrogens (tertiary/aromatic N) is 5. The zero-order valence-corrected chi connectivity index (χ0v) is 18.3. The molecule has 1 atom stereocenters. The van der Waals surface area contributed by atoms with Crippen LogP contribution in [-0.4, -0.2) is 44.9 Å². The van der Waals surface area contributed by atoms with Gasteiger partial charge in [-0.25, -0.2) is 4.98 Å². The molecule has 0 bridgehead atoms. The molecular formula is C22H22N6O6. The van der Waals surface area contributed by atoms with Crippen molar-refractivity contribution in [2.45, 2.75) is 19.2 Å². The summed E-state index contributed by atoms with van der Waals surface area (Å²) < 4.78 is 13.6. The minimum Gasteiger partial charge on any atom is -0.476 e. The first kappa shape index (κ1) is 22.9. The molecule has 0 fully saturated rings. The van der Waals surface area contributed by atoms with Gasteiger partial charge in [0.05, 0.1) is 29.4 Å². The van der Waals surface area contributed by atoms with E-state index in [1.165, 1.54) is 24.3 Å². The predicted octanol–water partition coefficient (Wildman–Crippen LogP) is 3.21. The Kier molecular flexibility index (Phi) is 6.78. The first-order valence-electron chi connectivity index (χ1n) is 10.5. The number of rotatable bonds is 9. The Hall–Kier alpha value is -4.32. The molecule has 1 N–H and O–H groups in total. The summed E-state index contributed by atoms with van der Waals surface area (Å²) in [7, 11) is 1.84. The van der Waals surface area contributed by atoms with E-state index in [2.05, 4.69) is 15.3 Å². The van der Waals surface area contributed by atoms with Crippen molar-refractivity contribution in [3.8, 4) is 0 Å². The smallest absolute Gasteiger partial charge is 0.269 e. The van der Waals surface area contributed by atoms with Gasteiger partial charge in [-0.3, -0.25) is 20.2 Å². The minimum absolute atomic E-state index is 0.0410. The topological polar surface area (TPSA) is 147 Å². The van der Waals surface area contributed by atoms with Gasteiger partial charge in [-0.05, 0) is 17.5 Å². The number of aliphatic imine (C=N–C) groups is 1. The van der Waals surface area contributed by atoms with Gasteiger partial charge in [-0.15, -0.1) is 0 Å². The number of non-ortho nitro benzene ring substituents is 2. The molecule has 12 nitrogen and oxygen atoms in total. The summed E-state index contributed by atoms with van der Waals surface area (Å²) in [5.41, 5.74) is 2.46. The van der Waals surface area contributed by atoms with Crippen LogP contribution >= 0.6 is 0 Å². The van der Waals surface area contributed by atoms with Gasteiger partial charge in [0.15, 0.2) is 5.69 Å². The van der Waals surface area contributed by atoms with Gasteiger partial charge in [0.2, 0.25) is 12.2 Å². The highest BCUT2D eigenvalue weighted by atomic mass is 16.6. The summed E-state index contributed by atoms with van der Waals surface area (Å²) in [4.78, 5) is 29.5. The largest absolute Gasteiger partial charge is 0.476 e. The van der Waals surface area contributed by atoms with Gasteiger partial charge in [0, 0.05) is 37.7 Å². The van der Waals surface area contributed by atoms with Crippen molar-refractivity contribution in [3.63, 3.8) is 0 Å². The molecule has 1 aliphatic heterocycles. The third-order valence-corrected chi connectivity index (χ3v) is 5.22. The van der Waals surface area contributed by atoms with Gasteiger partial charge in [-0.2, -0.15) is 4.99 Å². The van der Waals surface area contributed by atoms with Crippen LogP contribution in [0.4, 0.5) is 17.2 Å². The Morgan fingerprint density at radius 1 is 0.941 bits per heavy atom. The first-order chi connectivity index (χ1) is 16.4. The maximum absolute atomic E-state index is 10.8. The number of imidazole rings is 1. The maximum Gasteiger partial charge on any atom is 0.269 e. The third kappa shape index (κ3) is 5.35. The van der Waals surface area contributed by atoms with E-state index in [9.17, 15) is 20.2 Å². The lowest BCUT2D eigenvalue weighted by Gasteiger charge is -2.23. The van der Waals surface area contributed by atoms with Crippen LogP contribution in [0.5, 0.6) is 0 Å². The second-order valence-corrected chi connectivity index (χ2v) is 7.55. The van der Waals surface area contributed by atoms with Crippen molar-refractivity contribution >= 4 is 23.1 Å². The van der Waals surface area contributed by atoms with Crippen LogP contribution in [0.15, 0.2) is 59.9 Å². The zero-order valence-electron chi connectivity index (χ0n) is 18.3. The predicted molar refractivity (Wildman–Crippen MR) is 123 cm³/mol. The molecule has 0 spiro atoms. The van der Waals surface area contributed by atoms with Gasteiger partial charge in [-0.1, -0.05) is 24.3 Å². The number of nitro groups is 2. The maximum atomic E-state index is 10.8. The summed E-state index contributed by atoms with van der Waals surface area (Å²) >= 11 is 0. The molecule has 2 heterocycles. The Morgan fingerprint density at radius 3 is 2.06 bits per heavy atom. The van der Waals surface area contributed by atoms with E-state index < -0.39 is 16.2 Å². The number of fused-ring (bicyclic) bond motifs is 1. The molecule has 0 amide bonds. The average Bonchev–Trinajstić information content (AvgIpc) is 3.20. The van der Waals surface area contributed by atoms with Gasteiger partial charge >= 0.3 is 0 Å². The lowest BCUT2D eigenvalue weighted by atomic mass is 10.1.